The Bertz CT molecular complexity index is 474. The Morgan fingerprint density at radius 1 is 1.22 bits per heavy atom. The lowest BCUT2D eigenvalue weighted by molar-refractivity contribution is -0.139. The van der Waals surface area contributed by atoms with Crippen LogP contribution in [0.2, 0.25) is 0 Å². The lowest BCUT2D eigenvalue weighted by atomic mass is 9.81. The molecule has 1 unspecified atom stereocenters. The highest BCUT2D eigenvalue weighted by Gasteiger charge is 2.47. The molecule has 0 spiro atoms. The molecule has 1 saturated heterocycles. The lowest BCUT2D eigenvalue weighted by Gasteiger charge is -2.21. The molecule has 3 aliphatic rings. The Morgan fingerprint density at radius 2 is 1.94 bits per heavy atom. The number of hydrogen-bond acceptors (Lipinski definition) is 3. The number of ether oxygens (including phenoxy) is 1. The molecule has 0 radical (unpaired) electrons. The van der Waals surface area contributed by atoms with Gasteiger partial charge in [-0.3, -0.25) is 4.79 Å². The van der Waals surface area contributed by atoms with E-state index in [0.29, 0.717) is 11.5 Å². The third-order valence-electron chi connectivity index (χ3n) is 4.87. The summed E-state index contributed by atoms with van der Waals surface area (Å²) in [6, 6.07) is 0. The van der Waals surface area contributed by atoms with E-state index in [1.54, 1.807) is 0 Å². The first-order valence-corrected chi connectivity index (χ1v) is 6.64. The summed E-state index contributed by atoms with van der Waals surface area (Å²) >= 11 is 0. The van der Waals surface area contributed by atoms with Crippen molar-refractivity contribution in [3.8, 4) is 0 Å². The molecule has 0 aromatic rings. The van der Waals surface area contributed by atoms with Gasteiger partial charge in [0, 0.05) is 17.4 Å². The van der Waals surface area contributed by atoms with Gasteiger partial charge in [-0.1, -0.05) is 26.0 Å². The average molecular weight is 246 g/mol. The highest BCUT2D eigenvalue weighted by molar-refractivity contribution is 5.96. The maximum absolute atomic E-state index is 11.8. The summed E-state index contributed by atoms with van der Waals surface area (Å²) in [6.45, 7) is 7.98. The number of rotatable bonds is 0. The van der Waals surface area contributed by atoms with Crippen LogP contribution in [0.4, 0.5) is 0 Å². The van der Waals surface area contributed by atoms with Crippen LogP contribution in [0.5, 0.6) is 0 Å². The Labute approximate surface area is 107 Å². The predicted octanol–water partition coefficient (Wildman–Crippen LogP) is 2.28. The lowest BCUT2D eigenvalue weighted by Crippen LogP contribution is -2.20. The number of fused-ring (bicyclic) bond motifs is 2. The van der Waals surface area contributed by atoms with E-state index in [-0.39, 0.29) is 35.6 Å². The van der Waals surface area contributed by atoms with Crippen molar-refractivity contribution in [3.63, 3.8) is 0 Å². The van der Waals surface area contributed by atoms with Crippen LogP contribution in [0.15, 0.2) is 23.8 Å². The summed E-state index contributed by atoms with van der Waals surface area (Å²) in [6.07, 6.45) is 3.44. The van der Waals surface area contributed by atoms with Gasteiger partial charge in [0.05, 0.1) is 0 Å². The van der Waals surface area contributed by atoms with Gasteiger partial charge in [-0.15, -0.1) is 0 Å². The highest BCUT2D eigenvalue weighted by atomic mass is 16.6. The molecular weight excluding hydrogens is 228 g/mol. The minimum Gasteiger partial charge on any atom is -0.458 e. The van der Waals surface area contributed by atoms with Crippen LogP contribution < -0.4 is 0 Å². The van der Waals surface area contributed by atoms with Crippen LogP contribution in [0.3, 0.4) is 0 Å². The normalized spacial score (nSPS) is 43.1. The van der Waals surface area contributed by atoms with E-state index >= 15 is 0 Å². The Balaban J connectivity index is 1.96. The van der Waals surface area contributed by atoms with Crippen LogP contribution in [0, 0.1) is 23.7 Å². The van der Waals surface area contributed by atoms with Crippen LogP contribution >= 0.6 is 0 Å². The molecule has 3 heteroatoms. The smallest absolute Gasteiger partial charge is 0.334 e. The number of carbonyl (C=O) groups excluding carboxylic acids is 2. The predicted molar refractivity (Wildman–Crippen MR) is 66.7 cm³/mol. The zero-order valence-corrected chi connectivity index (χ0v) is 10.8. The molecule has 2 fully saturated rings. The largest absolute Gasteiger partial charge is 0.458 e. The molecule has 2 aliphatic carbocycles. The van der Waals surface area contributed by atoms with Gasteiger partial charge < -0.3 is 4.74 Å². The van der Waals surface area contributed by atoms with Crippen molar-refractivity contribution in [1.82, 2.24) is 0 Å². The summed E-state index contributed by atoms with van der Waals surface area (Å²) in [5, 5.41) is 0. The van der Waals surface area contributed by atoms with Gasteiger partial charge in [-0.05, 0) is 30.8 Å². The zero-order chi connectivity index (χ0) is 13.0. The fourth-order valence-corrected chi connectivity index (χ4v) is 3.67. The van der Waals surface area contributed by atoms with Gasteiger partial charge in [-0.2, -0.15) is 0 Å². The monoisotopic (exact) mass is 246 g/mol. The van der Waals surface area contributed by atoms with E-state index in [2.05, 4.69) is 13.5 Å². The molecule has 18 heavy (non-hydrogen) atoms. The molecular formula is C15H18O3. The van der Waals surface area contributed by atoms with Gasteiger partial charge in [-0.25, -0.2) is 4.79 Å². The zero-order valence-electron chi connectivity index (χ0n) is 10.8. The maximum Gasteiger partial charge on any atom is 0.334 e. The van der Waals surface area contributed by atoms with Gasteiger partial charge in [0.1, 0.15) is 6.10 Å². The second kappa shape index (κ2) is 3.81. The first kappa shape index (κ1) is 11.7. The Kier molecular flexibility index (Phi) is 2.47. The SMILES string of the molecule is C=C1C(=O)O[C@H]2C[C@H](C)C3=CC(=O)[C@H](C)C3C[C@H]12. The molecule has 0 N–H and O–H groups in total. The fourth-order valence-electron chi connectivity index (χ4n) is 3.67. The molecule has 1 aliphatic heterocycles. The molecule has 0 bridgehead atoms. The number of ketones is 1. The van der Waals surface area contributed by atoms with Gasteiger partial charge in [0.2, 0.25) is 0 Å². The summed E-state index contributed by atoms with van der Waals surface area (Å²) in [4.78, 5) is 23.4. The van der Waals surface area contributed by atoms with Crippen molar-refractivity contribution < 1.29 is 14.3 Å². The van der Waals surface area contributed by atoms with Crippen molar-refractivity contribution in [1.29, 1.82) is 0 Å². The van der Waals surface area contributed by atoms with Crippen LogP contribution in [-0.2, 0) is 14.3 Å². The molecule has 1 heterocycles. The Morgan fingerprint density at radius 3 is 2.67 bits per heavy atom. The maximum atomic E-state index is 11.8. The van der Waals surface area contributed by atoms with E-state index in [1.807, 2.05) is 13.0 Å². The standard InChI is InChI=1S/C15H18O3/c1-7-4-14-12(9(3)15(17)18-14)5-11-8(2)13(16)6-10(7)11/h6-8,11-12,14H,3-5H2,1-2H3/t7-,8+,11?,12+,14-/m0/s1. The van der Waals surface area contributed by atoms with Crippen molar-refractivity contribution in [3.05, 3.63) is 23.8 Å². The van der Waals surface area contributed by atoms with E-state index < -0.39 is 0 Å². The number of hydrogen-bond donors (Lipinski definition) is 0. The van der Waals surface area contributed by atoms with Crippen molar-refractivity contribution in [2.45, 2.75) is 32.8 Å². The molecule has 0 aromatic heterocycles. The third kappa shape index (κ3) is 1.49. The molecule has 0 amide bonds. The molecule has 1 saturated carbocycles. The summed E-state index contributed by atoms with van der Waals surface area (Å²) in [5.74, 6) is 0.720. The first-order valence-electron chi connectivity index (χ1n) is 6.64. The summed E-state index contributed by atoms with van der Waals surface area (Å²) in [5.41, 5.74) is 1.85. The number of allylic oxidation sites excluding steroid dienone is 2. The minimum absolute atomic E-state index is 0.0335. The molecule has 5 atom stereocenters. The van der Waals surface area contributed by atoms with Crippen molar-refractivity contribution in [2.75, 3.05) is 0 Å². The summed E-state index contributed by atoms with van der Waals surface area (Å²) in [7, 11) is 0. The van der Waals surface area contributed by atoms with Crippen LogP contribution in [-0.4, -0.2) is 17.9 Å². The van der Waals surface area contributed by atoms with Gasteiger partial charge in [0.15, 0.2) is 5.78 Å². The van der Waals surface area contributed by atoms with E-state index in [4.69, 9.17) is 4.74 Å². The Hall–Kier alpha value is -1.38. The second-order valence-corrected chi connectivity index (χ2v) is 5.89. The van der Waals surface area contributed by atoms with Crippen LogP contribution in [0.1, 0.15) is 26.7 Å². The summed E-state index contributed by atoms with van der Waals surface area (Å²) < 4.78 is 5.40. The van der Waals surface area contributed by atoms with Crippen LogP contribution in [0.25, 0.3) is 0 Å². The van der Waals surface area contributed by atoms with E-state index in [1.165, 1.54) is 5.57 Å². The molecule has 3 nitrogen and oxygen atoms in total. The van der Waals surface area contributed by atoms with E-state index in [0.717, 1.165) is 12.8 Å². The van der Waals surface area contributed by atoms with Gasteiger partial charge in [0.25, 0.3) is 0 Å². The second-order valence-electron chi connectivity index (χ2n) is 5.89. The molecule has 3 rings (SSSR count). The van der Waals surface area contributed by atoms with E-state index in [9.17, 15) is 9.59 Å². The quantitative estimate of drug-likeness (QED) is 0.486. The molecule has 96 valence electrons. The topological polar surface area (TPSA) is 43.4 Å². The fraction of sp³-hybridized carbons (Fsp3) is 0.600. The van der Waals surface area contributed by atoms with Crippen molar-refractivity contribution >= 4 is 11.8 Å². The molecule has 0 aromatic carbocycles. The number of esters is 1. The highest BCUT2D eigenvalue weighted by Crippen LogP contribution is 2.48. The average Bonchev–Trinajstić information content (AvgIpc) is 2.68. The van der Waals surface area contributed by atoms with Crippen molar-refractivity contribution in [2.24, 2.45) is 23.7 Å². The van der Waals surface area contributed by atoms with Gasteiger partial charge >= 0.3 is 5.97 Å². The first-order chi connectivity index (χ1) is 8.49. The third-order valence-corrected chi connectivity index (χ3v) is 4.87. The minimum atomic E-state index is -0.249. The number of carbonyl (C=O) groups is 2.